The van der Waals surface area contributed by atoms with E-state index in [0.717, 1.165) is 0 Å². The highest BCUT2D eigenvalue weighted by atomic mass is 79.9. The Morgan fingerprint density at radius 2 is 2.33 bits per heavy atom. The summed E-state index contributed by atoms with van der Waals surface area (Å²) in [6, 6.07) is 7.06. The number of nitrogens with one attached hydrogen (secondary N) is 1. The van der Waals surface area contributed by atoms with Crippen LogP contribution >= 0.6 is 15.9 Å². The lowest BCUT2D eigenvalue weighted by atomic mass is 9.99. The highest BCUT2D eigenvalue weighted by molar-refractivity contribution is 9.10. The lowest BCUT2D eigenvalue weighted by Gasteiger charge is -2.24. The van der Waals surface area contributed by atoms with E-state index in [1.165, 1.54) is 28.6 Å². The summed E-state index contributed by atoms with van der Waals surface area (Å²) in [5.41, 5.74) is 2.74. The maximum atomic E-state index is 3.48. The Bertz CT molecular complexity index is 296. The predicted octanol–water partition coefficient (Wildman–Crippen LogP) is 3.20. The van der Waals surface area contributed by atoms with Gasteiger partial charge in [-0.15, -0.1) is 0 Å². The van der Waals surface area contributed by atoms with Gasteiger partial charge in [0.05, 0.1) is 0 Å². The van der Waals surface area contributed by atoms with Crippen molar-refractivity contribution in [2.75, 3.05) is 5.32 Å². The average Bonchev–Trinajstić information content (AvgIpc) is 2.05. The molecule has 0 amide bonds. The summed E-state index contributed by atoms with van der Waals surface area (Å²) in [5.74, 6) is 0. The van der Waals surface area contributed by atoms with Crippen molar-refractivity contribution in [3.05, 3.63) is 28.2 Å². The molecule has 0 aromatic heterocycles. The van der Waals surface area contributed by atoms with Gasteiger partial charge in [-0.3, -0.25) is 0 Å². The Hall–Kier alpha value is -0.500. The topological polar surface area (TPSA) is 12.0 Å². The van der Waals surface area contributed by atoms with Crippen molar-refractivity contribution in [2.45, 2.75) is 25.8 Å². The first-order chi connectivity index (χ1) is 5.75. The first-order valence-corrected chi connectivity index (χ1v) is 5.10. The number of halogens is 1. The lowest BCUT2D eigenvalue weighted by molar-refractivity contribution is 0.681. The van der Waals surface area contributed by atoms with E-state index in [0.29, 0.717) is 6.04 Å². The average molecular weight is 226 g/mol. The zero-order valence-corrected chi connectivity index (χ0v) is 8.69. The molecule has 1 atom stereocenters. The summed E-state index contributed by atoms with van der Waals surface area (Å²) in [5, 5.41) is 3.47. The van der Waals surface area contributed by atoms with E-state index in [9.17, 15) is 0 Å². The van der Waals surface area contributed by atoms with Crippen LogP contribution in [0.5, 0.6) is 0 Å². The Kier molecular flexibility index (Phi) is 2.09. The van der Waals surface area contributed by atoms with E-state index in [-0.39, 0.29) is 0 Å². The molecule has 1 aromatic carbocycles. The van der Waals surface area contributed by atoms with Crippen LogP contribution in [-0.4, -0.2) is 6.04 Å². The van der Waals surface area contributed by atoms with Gasteiger partial charge in [0.25, 0.3) is 0 Å². The van der Waals surface area contributed by atoms with E-state index in [4.69, 9.17) is 0 Å². The fourth-order valence-electron chi connectivity index (χ4n) is 1.62. The second-order valence-corrected chi connectivity index (χ2v) is 4.30. The van der Waals surface area contributed by atoms with Crippen LogP contribution in [0.2, 0.25) is 0 Å². The molecule has 1 aliphatic heterocycles. The van der Waals surface area contributed by atoms with Gasteiger partial charge >= 0.3 is 0 Å². The van der Waals surface area contributed by atoms with Crippen LogP contribution in [0.4, 0.5) is 5.69 Å². The third-order valence-corrected chi connectivity index (χ3v) is 2.81. The second kappa shape index (κ2) is 3.09. The number of rotatable bonds is 0. The first-order valence-electron chi connectivity index (χ1n) is 4.30. The molecule has 0 saturated carbocycles. The molecule has 2 heteroatoms. The largest absolute Gasteiger partial charge is 0.382 e. The zero-order valence-electron chi connectivity index (χ0n) is 7.10. The predicted molar refractivity (Wildman–Crippen MR) is 55.5 cm³/mol. The molecule has 12 heavy (non-hydrogen) atoms. The molecule has 0 unspecified atom stereocenters. The number of hydrogen-bond donors (Lipinski definition) is 1. The molecule has 0 bridgehead atoms. The smallest absolute Gasteiger partial charge is 0.0375 e. The summed E-state index contributed by atoms with van der Waals surface area (Å²) < 4.78 is 1.18. The van der Waals surface area contributed by atoms with Crippen molar-refractivity contribution in [3.8, 4) is 0 Å². The van der Waals surface area contributed by atoms with Gasteiger partial charge < -0.3 is 5.32 Å². The van der Waals surface area contributed by atoms with Crippen molar-refractivity contribution >= 4 is 21.6 Å². The SMILES string of the molecule is C[C@@H]1CCc2cc(Br)ccc2N1. The highest BCUT2D eigenvalue weighted by Crippen LogP contribution is 2.27. The molecule has 0 spiro atoms. The molecule has 0 radical (unpaired) electrons. The molecule has 1 aliphatic rings. The molecule has 1 N–H and O–H groups in total. The van der Waals surface area contributed by atoms with Crippen LogP contribution in [-0.2, 0) is 6.42 Å². The normalized spacial score (nSPS) is 21.3. The van der Waals surface area contributed by atoms with E-state index in [1.54, 1.807) is 0 Å². The number of hydrogen-bond acceptors (Lipinski definition) is 1. The maximum Gasteiger partial charge on any atom is 0.0375 e. The minimum absolute atomic E-state index is 0.624. The third kappa shape index (κ3) is 1.48. The monoisotopic (exact) mass is 225 g/mol. The summed E-state index contributed by atoms with van der Waals surface area (Å²) in [6.07, 6.45) is 2.44. The van der Waals surface area contributed by atoms with Gasteiger partial charge in [-0.1, -0.05) is 15.9 Å². The maximum absolute atomic E-state index is 3.48. The third-order valence-electron chi connectivity index (χ3n) is 2.32. The molecule has 0 aliphatic carbocycles. The quantitative estimate of drug-likeness (QED) is 0.716. The molecule has 1 heterocycles. The van der Waals surface area contributed by atoms with E-state index in [1.807, 2.05) is 0 Å². The van der Waals surface area contributed by atoms with Crippen molar-refractivity contribution in [3.63, 3.8) is 0 Å². The van der Waals surface area contributed by atoms with Gasteiger partial charge in [-0.2, -0.15) is 0 Å². The van der Waals surface area contributed by atoms with Crippen LogP contribution in [0.15, 0.2) is 22.7 Å². The fourth-order valence-corrected chi connectivity index (χ4v) is 2.03. The standard InChI is InChI=1S/C10H12BrN/c1-7-2-3-8-6-9(11)4-5-10(8)12-7/h4-7,12H,2-3H2,1H3/t7-/m1/s1. The van der Waals surface area contributed by atoms with Crippen molar-refractivity contribution in [1.82, 2.24) is 0 Å². The van der Waals surface area contributed by atoms with Crippen LogP contribution in [0, 0.1) is 0 Å². The molecule has 0 fully saturated rings. The van der Waals surface area contributed by atoms with Gasteiger partial charge in [-0.05, 0) is 43.5 Å². The van der Waals surface area contributed by atoms with Crippen LogP contribution in [0.3, 0.4) is 0 Å². The molecule has 0 saturated heterocycles. The Morgan fingerprint density at radius 1 is 1.50 bits per heavy atom. The van der Waals surface area contributed by atoms with Gasteiger partial charge in [0, 0.05) is 16.2 Å². The number of aryl methyl sites for hydroxylation is 1. The number of fused-ring (bicyclic) bond motifs is 1. The van der Waals surface area contributed by atoms with E-state index >= 15 is 0 Å². The minimum atomic E-state index is 0.624. The minimum Gasteiger partial charge on any atom is -0.382 e. The Labute approximate surface area is 81.3 Å². The highest BCUT2D eigenvalue weighted by Gasteiger charge is 2.13. The Balaban J connectivity index is 2.37. The summed E-state index contributed by atoms with van der Waals surface area (Å²) in [6.45, 7) is 2.23. The zero-order chi connectivity index (χ0) is 8.55. The molecule has 1 nitrogen and oxygen atoms in total. The number of anilines is 1. The Morgan fingerprint density at radius 3 is 3.17 bits per heavy atom. The van der Waals surface area contributed by atoms with Crippen molar-refractivity contribution in [1.29, 1.82) is 0 Å². The van der Waals surface area contributed by atoms with Gasteiger partial charge in [0.15, 0.2) is 0 Å². The van der Waals surface area contributed by atoms with Crippen LogP contribution in [0.1, 0.15) is 18.9 Å². The first kappa shape index (κ1) is 8.11. The lowest BCUT2D eigenvalue weighted by Crippen LogP contribution is -2.21. The fraction of sp³-hybridized carbons (Fsp3) is 0.400. The summed E-state index contributed by atoms with van der Waals surface area (Å²) >= 11 is 3.48. The second-order valence-electron chi connectivity index (χ2n) is 3.39. The van der Waals surface area contributed by atoms with Crippen molar-refractivity contribution in [2.24, 2.45) is 0 Å². The molecular formula is C10H12BrN. The molecule has 2 rings (SSSR count). The summed E-state index contributed by atoms with van der Waals surface area (Å²) in [7, 11) is 0. The summed E-state index contributed by atoms with van der Waals surface area (Å²) in [4.78, 5) is 0. The number of benzene rings is 1. The van der Waals surface area contributed by atoms with E-state index < -0.39 is 0 Å². The van der Waals surface area contributed by atoms with Gasteiger partial charge in [0.1, 0.15) is 0 Å². The molecule has 64 valence electrons. The van der Waals surface area contributed by atoms with Crippen molar-refractivity contribution < 1.29 is 0 Å². The van der Waals surface area contributed by atoms with Crippen LogP contribution in [0.25, 0.3) is 0 Å². The van der Waals surface area contributed by atoms with Gasteiger partial charge in [-0.25, -0.2) is 0 Å². The van der Waals surface area contributed by atoms with Gasteiger partial charge in [0.2, 0.25) is 0 Å². The molecule has 1 aromatic rings. The van der Waals surface area contributed by atoms with Crippen LogP contribution < -0.4 is 5.32 Å². The molecular weight excluding hydrogens is 214 g/mol. The van der Waals surface area contributed by atoms with E-state index in [2.05, 4.69) is 46.4 Å².